The predicted molar refractivity (Wildman–Crippen MR) is 82.6 cm³/mol. The van der Waals surface area contributed by atoms with E-state index in [1.165, 1.54) is 12.0 Å². The summed E-state index contributed by atoms with van der Waals surface area (Å²) in [5, 5.41) is 9.00. The second kappa shape index (κ2) is 8.26. The number of methoxy groups -OCH3 is 1. The molecule has 0 fully saturated rings. The van der Waals surface area contributed by atoms with Gasteiger partial charge in [-0.1, -0.05) is 6.92 Å². The van der Waals surface area contributed by atoms with Crippen LogP contribution in [-0.2, 0) is 4.79 Å². The van der Waals surface area contributed by atoms with Gasteiger partial charge >= 0.3 is 5.97 Å². The molecule has 6 heteroatoms. The summed E-state index contributed by atoms with van der Waals surface area (Å²) in [5.74, 6) is -0.369. The molecule has 0 spiro atoms. The lowest BCUT2D eigenvalue weighted by Crippen LogP contribution is -2.41. The third-order valence-electron chi connectivity index (χ3n) is 3.40. The van der Waals surface area contributed by atoms with E-state index in [9.17, 15) is 9.59 Å². The highest BCUT2D eigenvalue weighted by Crippen LogP contribution is 2.28. The van der Waals surface area contributed by atoms with Crippen LogP contribution in [0.1, 0.15) is 37.6 Å². The summed E-state index contributed by atoms with van der Waals surface area (Å²) in [6.45, 7) is 5.75. The van der Waals surface area contributed by atoms with Crippen LogP contribution in [0.5, 0.6) is 11.5 Å². The first kappa shape index (κ1) is 17.8. The third-order valence-corrected chi connectivity index (χ3v) is 3.40. The van der Waals surface area contributed by atoms with E-state index in [0.717, 1.165) is 0 Å². The Labute approximate surface area is 130 Å². The van der Waals surface area contributed by atoms with Gasteiger partial charge in [0.2, 0.25) is 0 Å². The van der Waals surface area contributed by atoms with Crippen LogP contribution < -0.4 is 9.47 Å². The first-order valence-electron chi connectivity index (χ1n) is 7.28. The van der Waals surface area contributed by atoms with Gasteiger partial charge in [-0.15, -0.1) is 0 Å². The van der Waals surface area contributed by atoms with Crippen LogP contribution in [-0.4, -0.2) is 48.2 Å². The number of rotatable bonds is 8. The zero-order valence-electron chi connectivity index (χ0n) is 13.5. The third kappa shape index (κ3) is 4.38. The van der Waals surface area contributed by atoms with E-state index in [4.69, 9.17) is 14.6 Å². The maximum absolute atomic E-state index is 12.6. The Morgan fingerprint density at radius 2 is 1.95 bits per heavy atom. The number of carboxylic acid groups (broad SMARTS) is 1. The molecular formula is C16H23NO5. The molecular weight excluding hydrogens is 286 g/mol. The normalized spacial score (nSPS) is 11.6. The van der Waals surface area contributed by atoms with Crippen molar-refractivity contribution in [2.24, 2.45) is 0 Å². The van der Waals surface area contributed by atoms with Gasteiger partial charge in [0.1, 0.15) is 6.54 Å². The summed E-state index contributed by atoms with van der Waals surface area (Å²) < 4.78 is 10.6. The second-order valence-electron chi connectivity index (χ2n) is 4.88. The number of carboxylic acids is 1. The Hall–Kier alpha value is -2.24. The first-order valence-corrected chi connectivity index (χ1v) is 7.28. The molecule has 1 aromatic rings. The van der Waals surface area contributed by atoms with Crippen LogP contribution in [0.2, 0.25) is 0 Å². The van der Waals surface area contributed by atoms with Crippen molar-refractivity contribution >= 4 is 11.9 Å². The van der Waals surface area contributed by atoms with Crippen LogP contribution >= 0.6 is 0 Å². The van der Waals surface area contributed by atoms with Crippen molar-refractivity contribution in [2.75, 3.05) is 20.3 Å². The molecule has 0 aliphatic carbocycles. The maximum atomic E-state index is 12.6. The standard InChI is InChI=1S/C16H23NO5/c1-5-11(3)17(10-15(18)19)16(20)12-7-8-13(22-6-2)14(9-12)21-4/h7-9,11H,5-6,10H2,1-4H3,(H,18,19). The zero-order chi connectivity index (χ0) is 16.7. The van der Waals surface area contributed by atoms with E-state index in [0.29, 0.717) is 30.1 Å². The highest BCUT2D eigenvalue weighted by Gasteiger charge is 2.23. The number of aliphatic carboxylic acids is 1. The summed E-state index contributed by atoms with van der Waals surface area (Å²) in [6.07, 6.45) is 0.674. The van der Waals surface area contributed by atoms with Gasteiger partial charge in [-0.2, -0.15) is 0 Å². The molecule has 1 aromatic carbocycles. The second-order valence-corrected chi connectivity index (χ2v) is 4.88. The van der Waals surface area contributed by atoms with E-state index in [2.05, 4.69) is 0 Å². The number of carbonyl (C=O) groups excluding carboxylic acids is 1. The lowest BCUT2D eigenvalue weighted by atomic mass is 10.1. The van der Waals surface area contributed by atoms with Crippen molar-refractivity contribution in [3.05, 3.63) is 23.8 Å². The molecule has 6 nitrogen and oxygen atoms in total. The van der Waals surface area contributed by atoms with Crippen molar-refractivity contribution < 1.29 is 24.2 Å². The van der Waals surface area contributed by atoms with Crippen LogP contribution in [0.3, 0.4) is 0 Å². The number of nitrogens with zero attached hydrogens (tertiary/aromatic N) is 1. The molecule has 0 aliphatic rings. The molecule has 0 saturated heterocycles. The fourth-order valence-electron chi connectivity index (χ4n) is 2.04. The average molecular weight is 309 g/mol. The highest BCUT2D eigenvalue weighted by atomic mass is 16.5. The van der Waals surface area contributed by atoms with Gasteiger partial charge < -0.3 is 19.5 Å². The molecule has 0 heterocycles. The summed E-state index contributed by atoms with van der Waals surface area (Å²) in [4.78, 5) is 24.9. The number of ether oxygens (including phenoxy) is 2. The minimum Gasteiger partial charge on any atom is -0.493 e. The van der Waals surface area contributed by atoms with Gasteiger partial charge in [-0.25, -0.2) is 0 Å². The molecule has 1 N–H and O–H groups in total. The van der Waals surface area contributed by atoms with Crippen molar-refractivity contribution in [3.8, 4) is 11.5 Å². The van der Waals surface area contributed by atoms with Crippen molar-refractivity contribution in [2.45, 2.75) is 33.2 Å². The molecule has 0 saturated carbocycles. The fourth-order valence-corrected chi connectivity index (χ4v) is 2.04. The molecule has 0 bridgehead atoms. The first-order chi connectivity index (χ1) is 10.4. The van der Waals surface area contributed by atoms with Gasteiger partial charge in [-0.05, 0) is 38.5 Å². The molecule has 0 aromatic heterocycles. The number of benzene rings is 1. The van der Waals surface area contributed by atoms with Crippen molar-refractivity contribution in [1.29, 1.82) is 0 Å². The molecule has 122 valence electrons. The Morgan fingerprint density at radius 1 is 1.27 bits per heavy atom. The summed E-state index contributed by atoms with van der Waals surface area (Å²) >= 11 is 0. The van der Waals surface area contributed by atoms with Gasteiger partial charge in [0.05, 0.1) is 13.7 Å². The Bertz CT molecular complexity index is 529. The van der Waals surface area contributed by atoms with Crippen molar-refractivity contribution in [1.82, 2.24) is 4.90 Å². The number of amides is 1. The van der Waals surface area contributed by atoms with Gasteiger partial charge in [0.15, 0.2) is 11.5 Å². The summed E-state index contributed by atoms with van der Waals surface area (Å²) in [7, 11) is 1.50. The monoisotopic (exact) mass is 309 g/mol. The lowest BCUT2D eigenvalue weighted by Gasteiger charge is -2.27. The predicted octanol–water partition coefficient (Wildman–Crippen LogP) is 2.42. The molecule has 1 unspecified atom stereocenters. The smallest absolute Gasteiger partial charge is 0.323 e. The summed E-state index contributed by atoms with van der Waals surface area (Å²) in [5.41, 5.74) is 0.377. The van der Waals surface area contributed by atoms with E-state index in [-0.39, 0.29) is 18.5 Å². The van der Waals surface area contributed by atoms with Crippen molar-refractivity contribution in [3.63, 3.8) is 0 Å². The number of carbonyl (C=O) groups is 2. The number of hydrogen-bond acceptors (Lipinski definition) is 4. The summed E-state index contributed by atoms with van der Waals surface area (Å²) in [6, 6.07) is 4.68. The van der Waals surface area contributed by atoms with Gasteiger partial charge in [0.25, 0.3) is 5.91 Å². The van der Waals surface area contributed by atoms with Crippen LogP contribution in [0.25, 0.3) is 0 Å². The topological polar surface area (TPSA) is 76.1 Å². The molecule has 1 amide bonds. The molecule has 22 heavy (non-hydrogen) atoms. The minimum absolute atomic E-state index is 0.166. The average Bonchev–Trinajstić information content (AvgIpc) is 2.51. The molecule has 1 atom stereocenters. The van der Waals surface area contributed by atoms with Crippen LogP contribution in [0.4, 0.5) is 0 Å². The SMILES string of the molecule is CCOc1ccc(C(=O)N(CC(=O)O)C(C)CC)cc1OC. The molecule has 1 rings (SSSR count). The van der Waals surface area contributed by atoms with E-state index < -0.39 is 5.97 Å². The number of hydrogen-bond donors (Lipinski definition) is 1. The largest absolute Gasteiger partial charge is 0.493 e. The Balaban J connectivity index is 3.10. The van der Waals surface area contributed by atoms with E-state index in [1.54, 1.807) is 18.2 Å². The quantitative estimate of drug-likeness (QED) is 0.798. The highest BCUT2D eigenvalue weighted by molar-refractivity contribution is 5.96. The van der Waals surface area contributed by atoms with E-state index in [1.807, 2.05) is 20.8 Å². The Morgan fingerprint density at radius 3 is 2.45 bits per heavy atom. The Kier molecular flexibility index (Phi) is 6.69. The molecule has 0 aliphatic heterocycles. The lowest BCUT2D eigenvalue weighted by molar-refractivity contribution is -0.138. The zero-order valence-corrected chi connectivity index (χ0v) is 13.5. The fraction of sp³-hybridized carbons (Fsp3) is 0.500. The van der Waals surface area contributed by atoms with Crippen LogP contribution in [0.15, 0.2) is 18.2 Å². The minimum atomic E-state index is -1.04. The van der Waals surface area contributed by atoms with Crippen LogP contribution in [0, 0.1) is 0 Å². The van der Waals surface area contributed by atoms with Gasteiger partial charge in [0, 0.05) is 11.6 Å². The van der Waals surface area contributed by atoms with E-state index >= 15 is 0 Å². The van der Waals surface area contributed by atoms with Gasteiger partial charge in [-0.3, -0.25) is 9.59 Å². The maximum Gasteiger partial charge on any atom is 0.323 e. The molecule has 0 radical (unpaired) electrons.